The molecule has 1 fully saturated rings. The Balaban J connectivity index is 0.000000711. The fourth-order valence-corrected chi connectivity index (χ4v) is 2.77. The second kappa shape index (κ2) is 9.82. The molecule has 2 N–H and O–H groups in total. The molecule has 0 spiro atoms. The fraction of sp³-hybridized carbons (Fsp3) is 0.867. The van der Waals surface area contributed by atoms with Crippen LogP contribution in [-0.4, -0.2) is 22.2 Å². The number of hydrogen-bond donors (Lipinski definition) is 2. The van der Waals surface area contributed by atoms with E-state index in [4.69, 9.17) is 15.0 Å². The summed E-state index contributed by atoms with van der Waals surface area (Å²) in [5.41, 5.74) is 0. The summed E-state index contributed by atoms with van der Waals surface area (Å²) >= 11 is 0. The van der Waals surface area contributed by atoms with E-state index in [2.05, 4.69) is 20.8 Å². The molecule has 0 amide bonds. The van der Waals surface area contributed by atoms with E-state index in [1.54, 1.807) is 0 Å². The minimum atomic E-state index is -1.83. The van der Waals surface area contributed by atoms with Gasteiger partial charge < -0.3 is 10.2 Å². The van der Waals surface area contributed by atoms with Gasteiger partial charge in [-0.05, 0) is 17.8 Å². The van der Waals surface area contributed by atoms with E-state index >= 15 is 0 Å². The van der Waals surface area contributed by atoms with Crippen molar-refractivity contribution in [2.45, 2.75) is 65.7 Å². The normalized spacial score (nSPS) is 17.5. The van der Waals surface area contributed by atoms with Gasteiger partial charge in [-0.15, -0.1) is 0 Å². The van der Waals surface area contributed by atoms with Crippen molar-refractivity contribution in [1.29, 1.82) is 0 Å². The van der Waals surface area contributed by atoms with Gasteiger partial charge in [-0.2, -0.15) is 0 Å². The van der Waals surface area contributed by atoms with Gasteiger partial charge in [0, 0.05) is 12.8 Å². The van der Waals surface area contributed by atoms with Crippen LogP contribution in [0.5, 0.6) is 0 Å². The zero-order valence-corrected chi connectivity index (χ0v) is 12.4. The topological polar surface area (TPSA) is 74.6 Å². The van der Waals surface area contributed by atoms with E-state index in [-0.39, 0.29) is 0 Å². The maximum Gasteiger partial charge on any atom is 0.503 e. The first-order chi connectivity index (χ1) is 8.82. The molecule has 1 aliphatic rings. The van der Waals surface area contributed by atoms with Gasteiger partial charge in [0.05, 0.1) is 0 Å². The lowest BCUT2D eigenvalue weighted by atomic mass is 9.78. The molecule has 1 saturated carbocycles. The van der Waals surface area contributed by atoms with Crippen molar-refractivity contribution < 1.29 is 19.8 Å². The lowest BCUT2D eigenvalue weighted by molar-refractivity contribution is -0.121. The van der Waals surface area contributed by atoms with Crippen LogP contribution < -0.4 is 0 Å². The zero-order chi connectivity index (χ0) is 14.8. The maximum atomic E-state index is 11.7. The smallest absolute Gasteiger partial charge is 0.450 e. The largest absolute Gasteiger partial charge is 0.503 e. The SMILES string of the molecule is CC(C)CC(=O)CC(C)C1CCCCC1.O=C(O)O. The van der Waals surface area contributed by atoms with Crippen molar-refractivity contribution in [2.24, 2.45) is 17.8 Å². The summed E-state index contributed by atoms with van der Waals surface area (Å²) in [5, 5.41) is 13.9. The molecule has 0 aromatic carbocycles. The van der Waals surface area contributed by atoms with E-state index in [1.807, 2.05) is 0 Å². The summed E-state index contributed by atoms with van der Waals surface area (Å²) in [6.45, 7) is 6.53. The Bertz CT molecular complexity index is 263. The van der Waals surface area contributed by atoms with Gasteiger partial charge in [0.1, 0.15) is 5.78 Å². The molecule has 4 nitrogen and oxygen atoms in total. The summed E-state index contributed by atoms with van der Waals surface area (Å²) in [4.78, 5) is 20.3. The third-order valence-electron chi connectivity index (χ3n) is 3.64. The van der Waals surface area contributed by atoms with E-state index in [0.717, 1.165) is 18.8 Å². The van der Waals surface area contributed by atoms with Crippen LogP contribution in [0.15, 0.2) is 0 Å². The molecule has 4 heteroatoms. The Labute approximate surface area is 116 Å². The third-order valence-corrected chi connectivity index (χ3v) is 3.64. The van der Waals surface area contributed by atoms with Crippen molar-refractivity contribution in [2.75, 3.05) is 0 Å². The third kappa shape index (κ3) is 10.5. The van der Waals surface area contributed by atoms with Crippen molar-refractivity contribution in [3.8, 4) is 0 Å². The van der Waals surface area contributed by atoms with Gasteiger partial charge in [-0.1, -0.05) is 52.9 Å². The molecule has 112 valence electrons. The number of rotatable bonds is 5. The first-order valence-corrected chi connectivity index (χ1v) is 7.26. The lowest BCUT2D eigenvalue weighted by Gasteiger charge is -2.27. The first kappa shape index (κ1) is 17.9. The van der Waals surface area contributed by atoms with Crippen LogP contribution in [0.4, 0.5) is 4.79 Å². The fourth-order valence-electron chi connectivity index (χ4n) is 2.77. The van der Waals surface area contributed by atoms with Gasteiger partial charge in [0.15, 0.2) is 0 Å². The van der Waals surface area contributed by atoms with Gasteiger partial charge in [-0.3, -0.25) is 4.79 Å². The van der Waals surface area contributed by atoms with Crippen LogP contribution in [0.2, 0.25) is 0 Å². The lowest BCUT2D eigenvalue weighted by Crippen LogP contribution is -2.19. The number of carboxylic acid groups (broad SMARTS) is 2. The molecule has 0 radical (unpaired) electrons. The van der Waals surface area contributed by atoms with Gasteiger partial charge in [-0.25, -0.2) is 4.79 Å². The van der Waals surface area contributed by atoms with E-state index in [1.165, 1.54) is 32.1 Å². The average molecular weight is 272 g/mol. The molecule has 0 heterocycles. The van der Waals surface area contributed by atoms with Crippen LogP contribution in [0, 0.1) is 17.8 Å². The van der Waals surface area contributed by atoms with Crippen LogP contribution in [-0.2, 0) is 4.79 Å². The highest BCUT2D eigenvalue weighted by Crippen LogP contribution is 2.31. The maximum absolute atomic E-state index is 11.7. The molecule has 0 aromatic heterocycles. The van der Waals surface area contributed by atoms with Gasteiger partial charge >= 0.3 is 6.16 Å². The minimum absolute atomic E-state index is 0.475. The number of carbonyl (C=O) groups excluding carboxylic acids is 1. The molecule has 19 heavy (non-hydrogen) atoms. The van der Waals surface area contributed by atoms with Crippen molar-refractivity contribution >= 4 is 11.9 Å². The quantitative estimate of drug-likeness (QED) is 0.776. The Morgan fingerprint density at radius 1 is 1.00 bits per heavy atom. The van der Waals surface area contributed by atoms with Crippen LogP contribution in [0.3, 0.4) is 0 Å². The first-order valence-electron chi connectivity index (χ1n) is 7.26. The standard InChI is InChI=1S/C14H26O.CH2O3/c1-11(2)9-14(15)10-12(3)13-7-5-4-6-8-13;2-1(3)4/h11-13H,4-10H2,1-3H3;(H2,2,3,4). The van der Waals surface area contributed by atoms with Crippen molar-refractivity contribution in [3.63, 3.8) is 0 Å². The number of ketones is 1. The molecule has 0 aliphatic heterocycles. The predicted octanol–water partition coefficient (Wildman–Crippen LogP) is 4.43. The second-order valence-electron chi connectivity index (χ2n) is 6.00. The highest BCUT2D eigenvalue weighted by atomic mass is 16.6. The summed E-state index contributed by atoms with van der Waals surface area (Å²) in [6.07, 6.45) is 6.65. The van der Waals surface area contributed by atoms with Crippen LogP contribution >= 0.6 is 0 Å². The Morgan fingerprint density at radius 2 is 1.47 bits per heavy atom. The zero-order valence-electron chi connectivity index (χ0n) is 12.4. The summed E-state index contributed by atoms with van der Waals surface area (Å²) < 4.78 is 0. The number of hydrogen-bond acceptors (Lipinski definition) is 2. The molecule has 1 rings (SSSR count). The molecule has 0 bridgehead atoms. The minimum Gasteiger partial charge on any atom is -0.450 e. The molecular weight excluding hydrogens is 244 g/mol. The molecule has 1 unspecified atom stereocenters. The Kier molecular flexibility index (Phi) is 9.27. The number of Topliss-reactive ketones (excluding diaryl/α,β-unsaturated/α-hetero) is 1. The van der Waals surface area contributed by atoms with E-state index in [0.29, 0.717) is 17.6 Å². The molecular formula is C15H28O4. The van der Waals surface area contributed by atoms with Gasteiger partial charge in [0.25, 0.3) is 0 Å². The molecule has 0 saturated heterocycles. The second-order valence-corrected chi connectivity index (χ2v) is 6.00. The van der Waals surface area contributed by atoms with E-state index < -0.39 is 6.16 Å². The van der Waals surface area contributed by atoms with Crippen LogP contribution in [0.1, 0.15) is 65.7 Å². The van der Waals surface area contributed by atoms with Crippen molar-refractivity contribution in [3.05, 3.63) is 0 Å². The highest BCUT2D eigenvalue weighted by molar-refractivity contribution is 5.78. The highest BCUT2D eigenvalue weighted by Gasteiger charge is 2.22. The predicted molar refractivity (Wildman–Crippen MR) is 75.5 cm³/mol. The summed E-state index contributed by atoms with van der Waals surface area (Å²) in [5.74, 6) is 2.45. The Hall–Kier alpha value is -1.06. The molecule has 0 aromatic rings. The van der Waals surface area contributed by atoms with Crippen LogP contribution in [0.25, 0.3) is 0 Å². The van der Waals surface area contributed by atoms with Gasteiger partial charge in [0.2, 0.25) is 0 Å². The molecule has 1 atom stereocenters. The summed E-state index contributed by atoms with van der Waals surface area (Å²) in [7, 11) is 0. The average Bonchev–Trinajstić information content (AvgIpc) is 2.28. The summed E-state index contributed by atoms with van der Waals surface area (Å²) in [6, 6.07) is 0. The van der Waals surface area contributed by atoms with Crippen molar-refractivity contribution in [1.82, 2.24) is 0 Å². The Morgan fingerprint density at radius 3 is 1.89 bits per heavy atom. The van der Waals surface area contributed by atoms with E-state index in [9.17, 15) is 4.79 Å². The monoisotopic (exact) mass is 272 g/mol. The molecule has 1 aliphatic carbocycles. The number of carbonyl (C=O) groups is 2.